The van der Waals surface area contributed by atoms with Crippen LogP contribution in [0.15, 0.2) is 24.3 Å². The number of hydrogen-bond acceptors (Lipinski definition) is 3. The van der Waals surface area contributed by atoms with Crippen LogP contribution in [0.2, 0.25) is 0 Å². The van der Waals surface area contributed by atoms with Crippen molar-refractivity contribution in [1.29, 1.82) is 0 Å². The summed E-state index contributed by atoms with van der Waals surface area (Å²) in [6, 6.07) is 9.57. The molecule has 2 atom stereocenters. The normalized spacial score (nSPS) is 14.4. The van der Waals surface area contributed by atoms with Crippen molar-refractivity contribution in [3.63, 3.8) is 0 Å². The average Bonchev–Trinajstić information content (AvgIpc) is 2.52. The molecule has 1 rings (SSSR count). The summed E-state index contributed by atoms with van der Waals surface area (Å²) in [5, 5.41) is 0. The molecule has 1 aromatic carbocycles. The highest BCUT2D eigenvalue weighted by Crippen LogP contribution is 2.24. The predicted octanol–water partition coefficient (Wildman–Crippen LogP) is 3.73. The number of unbranched alkanes of at least 4 members (excludes halogenated alkanes) is 1. The van der Waals surface area contributed by atoms with Gasteiger partial charge in [0.15, 0.2) is 0 Å². The second kappa shape index (κ2) is 9.93. The Bertz CT molecular complexity index is 377. The van der Waals surface area contributed by atoms with Crippen molar-refractivity contribution < 1.29 is 4.74 Å². The molecule has 0 bridgehead atoms. The first kappa shape index (κ1) is 18.1. The highest BCUT2D eigenvalue weighted by molar-refractivity contribution is 5.25. The van der Waals surface area contributed by atoms with Gasteiger partial charge in [-0.3, -0.25) is 4.90 Å². The molecule has 0 fully saturated rings. The van der Waals surface area contributed by atoms with Gasteiger partial charge in [0.05, 0.1) is 6.61 Å². The number of methoxy groups -OCH3 is 1. The van der Waals surface area contributed by atoms with E-state index in [4.69, 9.17) is 10.5 Å². The van der Waals surface area contributed by atoms with Gasteiger partial charge in [-0.1, -0.05) is 44.5 Å². The van der Waals surface area contributed by atoms with E-state index in [1.54, 1.807) is 7.11 Å². The van der Waals surface area contributed by atoms with Crippen LogP contribution in [0.4, 0.5) is 0 Å². The van der Waals surface area contributed by atoms with Crippen molar-refractivity contribution in [2.45, 2.75) is 58.7 Å². The maximum absolute atomic E-state index is 6.10. The molecule has 3 nitrogen and oxygen atoms in total. The molecule has 1 aromatic rings. The van der Waals surface area contributed by atoms with Crippen molar-refractivity contribution in [2.75, 3.05) is 20.2 Å². The zero-order valence-corrected chi connectivity index (χ0v) is 14.1. The van der Waals surface area contributed by atoms with E-state index in [1.807, 2.05) is 0 Å². The summed E-state index contributed by atoms with van der Waals surface area (Å²) in [6.45, 7) is 9.24. The summed E-state index contributed by atoms with van der Waals surface area (Å²) in [5.74, 6) is 0. The zero-order chi connectivity index (χ0) is 15.7. The van der Waals surface area contributed by atoms with Crippen LogP contribution >= 0.6 is 0 Å². The standard InChI is InChI=1S/C18H32N2O/c1-5-7-12-20(15(3)6-2)18(13-19)17-10-8-16(9-11-17)14-21-4/h8-11,15,18H,5-7,12-14,19H2,1-4H3. The first-order valence-electron chi connectivity index (χ1n) is 8.21. The smallest absolute Gasteiger partial charge is 0.0713 e. The lowest BCUT2D eigenvalue weighted by Crippen LogP contribution is -2.40. The van der Waals surface area contributed by atoms with Gasteiger partial charge in [-0.15, -0.1) is 0 Å². The molecular formula is C18H32N2O. The summed E-state index contributed by atoms with van der Waals surface area (Å²) in [5.41, 5.74) is 8.62. The molecule has 0 radical (unpaired) electrons. The number of nitrogens with two attached hydrogens (primary N) is 1. The molecule has 0 aromatic heterocycles. The van der Waals surface area contributed by atoms with Crippen LogP contribution in [-0.2, 0) is 11.3 Å². The second-order valence-electron chi connectivity index (χ2n) is 5.77. The van der Waals surface area contributed by atoms with Gasteiger partial charge in [0.1, 0.15) is 0 Å². The van der Waals surface area contributed by atoms with E-state index >= 15 is 0 Å². The maximum atomic E-state index is 6.10. The Hall–Kier alpha value is -0.900. The van der Waals surface area contributed by atoms with Crippen molar-refractivity contribution in [3.8, 4) is 0 Å². The van der Waals surface area contributed by atoms with Gasteiger partial charge in [-0.2, -0.15) is 0 Å². The molecule has 2 N–H and O–H groups in total. The molecule has 3 heteroatoms. The molecule has 0 saturated heterocycles. The lowest BCUT2D eigenvalue weighted by atomic mass is 10.0. The van der Waals surface area contributed by atoms with E-state index < -0.39 is 0 Å². The number of nitrogens with zero attached hydrogens (tertiary/aromatic N) is 1. The van der Waals surface area contributed by atoms with Crippen LogP contribution in [-0.4, -0.2) is 31.1 Å². The third-order valence-corrected chi connectivity index (χ3v) is 4.23. The van der Waals surface area contributed by atoms with Crippen LogP contribution in [0.1, 0.15) is 57.2 Å². The summed E-state index contributed by atoms with van der Waals surface area (Å²) in [4.78, 5) is 2.56. The van der Waals surface area contributed by atoms with Crippen LogP contribution in [0, 0.1) is 0 Å². The Balaban J connectivity index is 2.89. The topological polar surface area (TPSA) is 38.5 Å². The Morgan fingerprint density at radius 1 is 1.19 bits per heavy atom. The van der Waals surface area contributed by atoms with Crippen LogP contribution in [0.5, 0.6) is 0 Å². The largest absolute Gasteiger partial charge is 0.380 e. The molecule has 2 unspecified atom stereocenters. The van der Waals surface area contributed by atoms with Gasteiger partial charge in [0, 0.05) is 25.7 Å². The highest BCUT2D eigenvalue weighted by atomic mass is 16.5. The summed E-state index contributed by atoms with van der Waals surface area (Å²) in [7, 11) is 1.73. The number of rotatable bonds is 10. The number of hydrogen-bond donors (Lipinski definition) is 1. The fourth-order valence-corrected chi connectivity index (χ4v) is 2.72. The number of ether oxygens (including phenoxy) is 1. The molecule has 0 aliphatic carbocycles. The van der Waals surface area contributed by atoms with Gasteiger partial charge in [-0.05, 0) is 37.4 Å². The SMILES string of the molecule is CCCCN(C(C)CC)C(CN)c1ccc(COC)cc1. The summed E-state index contributed by atoms with van der Waals surface area (Å²) < 4.78 is 5.18. The molecule has 0 amide bonds. The first-order chi connectivity index (χ1) is 10.2. The van der Waals surface area contributed by atoms with Crippen LogP contribution in [0.3, 0.4) is 0 Å². The van der Waals surface area contributed by atoms with Gasteiger partial charge >= 0.3 is 0 Å². The molecule has 0 saturated carbocycles. The van der Waals surface area contributed by atoms with Gasteiger partial charge in [0.25, 0.3) is 0 Å². The maximum Gasteiger partial charge on any atom is 0.0713 e. The van der Waals surface area contributed by atoms with Crippen LogP contribution in [0.25, 0.3) is 0 Å². The van der Waals surface area contributed by atoms with E-state index in [2.05, 4.69) is 49.9 Å². The van der Waals surface area contributed by atoms with Crippen LogP contribution < -0.4 is 5.73 Å². The highest BCUT2D eigenvalue weighted by Gasteiger charge is 2.22. The van der Waals surface area contributed by atoms with Gasteiger partial charge in [0.2, 0.25) is 0 Å². The fourth-order valence-electron chi connectivity index (χ4n) is 2.72. The molecule has 120 valence electrons. The van der Waals surface area contributed by atoms with Gasteiger partial charge < -0.3 is 10.5 Å². The van der Waals surface area contributed by atoms with E-state index in [9.17, 15) is 0 Å². The number of benzene rings is 1. The quantitative estimate of drug-likeness (QED) is 0.714. The second-order valence-corrected chi connectivity index (χ2v) is 5.77. The minimum atomic E-state index is 0.308. The van der Waals surface area contributed by atoms with Crippen molar-refractivity contribution in [1.82, 2.24) is 4.90 Å². The van der Waals surface area contributed by atoms with E-state index in [0.29, 0.717) is 25.2 Å². The average molecular weight is 292 g/mol. The molecule has 0 heterocycles. The lowest BCUT2D eigenvalue weighted by molar-refractivity contribution is 0.141. The third-order valence-electron chi connectivity index (χ3n) is 4.23. The Morgan fingerprint density at radius 3 is 2.33 bits per heavy atom. The molecule has 0 spiro atoms. The van der Waals surface area contributed by atoms with E-state index in [-0.39, 0.29) is 0 Å². The molecule has 21 heavy (non-hydrogen) atoms. The first-order valence-corrected chi connectivity index (χ1v) is 8.21. The minimum absolute atomic E-state index is 0.308. The zero-order valence-electron chi connectivity index (χ0n) is 14.1. The van der Waals surface area contributed by atoms with E-state index in [1.165, 1.54) is 24.0 Å². The van der Waals surface area contributed by atoms with Crippen molar-refractivity contribution in [3.05, 3.63) is 35.4 Å². The Morgan fingerprint density at radius 2 is 1.86 bits per heavy atom. The molecule has 0 aliphatic rings. The Kier molecular flexibility index (Phi) is 8.58. The summed E-state index contributed by atoms with van der Waals surface area (Å²) >= 11 is 0. The van der Waals surface area contributed by atoms with Crippen molar-refractivity contribution in [2.24, 2.45) is 5.73 Å². The monoisotopic (exact) mass is 292 g/mol. The van der Waals surface area contributed by atoms with E-state index in [0.717, 1.165) is 13.0 Å². The van der Waals surface area contributed by atoms with Crippen molar-refractivity contribution >= 4 is 0 Å². The third kappa shape index (κ3) is 5.42. The van der Waals surface area contributed by atoms with Gasteiger partial charge in [-0.25, -0.2) is 0 Å². The predicted molar refractivity (Wildman–Crippen MR) is 90.3 cm³/mol. The minimum Gasteiger partial charge on any atom is -0.380 e. The molecule has 0 aliphatic heterocycles. The fraction of sp³-hybridized carbons (Fsp3) is 0.667. The molecular weight excluding hydrogens is 260 g/mol. The summed E-state index contributed by atoms with van der Waals surface area (Å²) in [6.07, 6.45) is 3.60. The lowest BCUT2D eigenvalue weighted by Gasteiger charge is -2.36. The Labute approximate surface area is 130 Å².